The number of rotatable bonds is 6. The van der Waals surface area contributed by atoms with Crippen LogP contribution >= 0.6 is 0 Å². The van der Waals surface area contributed by atoms with Crippen molar-refractivity contribution in [3.8, 4) is 22.4 Å². The van der Waals surface area contributed by atoms with Gasteiger partial charge in [0, 0.05) is 41.7 Å². The summed E-state index contributed by atoms with van der Waals surface area (Å²) in [5.74, 6) is -0.134. The largest absolute Gasteiger partial charge is 0.396 e. The first-order valence-electron chi connectivity index (χ1n) is 9.99. The van der Waals surface area contributed by atoms with Crippen molar-refractivity contribution >= 4 is 11.6 Å². The Hall–Kier alpha value is -3.51. The van der Waals surface area contributed by atoms with Crippen LogP contribution in [0.2, 0.25) is 0 Å². The number of aromatic nitrogens is 3. The van der Waals surface area contributed by atoms with Gasteiger partial charge < -0.3 is 10.4 Å². The van der Waals surface area contributed by atoms with Crippen LogP contribution in [0.4, 0.5) is 0 Å². The molecular weight excluding hydrogens is 376 g/mol. The van der Waals surface area contributed by atoms with Crippen LogP contribution in [0, 0.1) is 13.8 Å². The highest BCUT2D eigenvalue weighted by Crippen LogP contribution is 2.26. The first kappa shape index (κ1) is 19.8. The highest BCUT2D eigenvalue weighted by molar-refractivity contribution is 5.95. The molecule has 0 saturated carbocycles. The molecule has 0 fully saturated rings. The van der Waals surface area contributed by atoms with Crippen LogP contribution in [-0.2, 0) is 0 Å². The normalized spacial score (nSPS) is 11.0. The molecule has 4 rings (SSSR count). The van der Waals surface area contributed by atoms with Crippen LogP contribution < -0.4 is 5.32 Å². The highest BCUT2D eigenvalue weighted by atomic mass is 16.3. The maximum Gasteiger partial charge on any atom is 0.251 e. The third-order valence-electron chi connectivity index (χ3n) is 4.99. The molecule has 6 heteroatoms. The molecule has 4 aromatic rings. The zero-order chi connectivity index (χ0) is 21.1. The van der Waals surface area contributed by atoms with Crippen LogP contribution in [0.5, 0.6) is 0 Å². The Balaban J connectivity index is 1.58. The van der Waals surface area contributed by atoms with Gasteiger partial charge in [0.25, 0.3) is 5.91 Å². The van der Waals surface area contributed by atoms with Crippen molar-refractivity contribution in [1.82, 2.24) is 19.9 Å². The topological polar surface area (TPSA) is 79.5 Å². The molecule has 2 N–H and O–H groups in total. The number of aliphatic hydroxyl groups is 1. The predicted molar refractivity (Wildman–Crippen MR) is 117 cm³/mol. The maximum atomic E-state index is 12.3. The first-order chi connectivity index (χ1) is 14.5. The van der Waals surface area contributed by atoms with Crippen molar-refractivity contribution in [2.75, 3.05) is 13.2 Å². The van der Waals surface area contributed by atoms with Crippen LogP contribution in [0.3, 0.4) is 0 Å². The number of nitrogens with one attached hydrogen (secondary N) is 1. The third kappa shape index (κ3) is 4.09. The fourth-order valence-corrected chi connectivity index (χ4v) is 3.48. The van der Waals surface area contributed by atoms with E-state index in [1.807, 2.05) is 73.0 Å². The van der Waals surface area contributed by atoms with Gasteiger partial charge in [-0.15, -0.1) is 0 Å². The van der Waals surface area contributed by atoms with E-state index in [9.17, 15) is 4.79 Å². The van der Waals surface area contributed by atoms with E-state index >= 15 is 0 Å². The van der Waals surface area contributed by atoms with Gasteiger partial charge in [-0.2, -0.15) is 5.10 Å². The minimum Gasteiger partial charge on any atom is -0.396 e. The summed E-state index contributed by atoms with van der Waals surface area (Å²) in [5, 5.41) is 16.4. The Bertz CT molecular complexity index is 1200. The summed E-state index contributed by atoms with van der Waals surface area (Å²) in [4.78, 5) is 16.8. The minimum atomic E-state index is -0.134. The van der Waals surface area contributed by atoms with Crippen LogP contribution in [-0.4, -0.2) is 38.8 Å². The standard InChI is InChI=1S/C24H24N4O2/c1-16-13-17(2)28-23(26-16)15-22(27-28)19-9-7-18(8-10-19)20-5-3-6-21(14-20)24(30)25-11-4-12-29/h3,5-10,13-15,29H,4,11-12H2,1-2H3,(H,25,30). The van der Waals surface area contributed by atoms with Gasteiger partial charge in [0.05, 0.1) is 5.69 Å². The second-order valence-electron chi connectivity index (χ2n) is 7.33. The van der Waals surface area contributed by atoms with Crippen molar-refractivity contribution in [2.45, 2.75) is 20.3 Å². The Labute approximate surface area is 175 Å². The smallest absolute Gasteiger partial charge is 0.251 e. The number of nitrogens with zero attached hydrogens (tertiary/aromatic N) is 3. The zero-order valence-electron chi connectivity index (χ0n) is 17.1. The summed E-state index contributed by atoms with van der Waals surface area (Å²) in [7, 11) is 0. The summed E-state index contributed by atoms with van der Waals surface area (Å²) in [6.45, 7) is 4.53. The summed E-state index contributed by atoms with van der Waals surface area (Å²) in [6, 6.07) is 19.7. The van der Waals surface area contributed by atoms with Crippen molar-refractivity contribution in [3.05, 3.63) is 77.6 Å². The Morgan fingerprint density at radius 2 is 1.77 bits per heavy atom. The summed E-state index contributed by atoms with van der Waals surface area (Å²) < 4.78 is 1.86. The molecule has 2 aromatic heterocycles. The third-order valence-corrected chi connectivity index (χ3v) is 4.99. The van der Waals surface area contributed by atoms with Crippen LogP contribution in [0.25, 0.3) is 28.0 Å². The molecule has 2 heterocycles. The van der Waals surface area contributed by atoms with Gasteiger partial charge >= 0.3 is 0 Å². The Morgan fingerprint density at radius 1 is 1.00 bits per heavy atom. The highest BCUT2D eigenvalue weighted by Gasteiger charge is 2.10. The molecule has 0 atom stereocenters. The molecule has 30 heavy (non-hydrogen) atoms. The van der Waals surface area contributed by atoms with E-state index in [0.29, 0.717) is 18.5 Å². The van der Waals surface area contributed by atoms with Gasteiger partial charge in [-0.3, -0.25) is 4.79 Å². The van der Waals surface area contributed by atoms with Gasteiger partial charge in [-0.25, -0.2) is 9.50 Å². The predicted octanol–water partition coefficient (Wildman–Crippen LogP) is 3.79. The van der Waals surface area contributed by atoms with E-state index < -0.39 is 0 Å². The molecule has 0 saturated heterocycles. The molecule has 0 aliphatic rings. The molecule has 0 aliphatic carbocycles. The van der Waals surface area contributed by atoms with Gasteiger partial charge in [0.2, 0.25) is 0 Å². The second-order valence-corrected chi connectivity index (χ2v) is 7.33. The van der Waals surface area contributed by atoms with Crippen molar-refractivity contribution in [2.24, 2.45) is 0 Å². The van der Waals surface area contributed by atoms with E-state index in [2.05, 4.69) is 15.4 Å². The van der Waals surface area contributed by atoms with Gasteiger partial charge in [0.15, 0.2) is 5.65 Å². The lowest BCUT2D eigenvalue weighted by Gasteiger charge is -2.07. The van der Waals surface area contributed by atoms with Crippen molar-refractivity contribution < 1.29 is 9.90 Å². The van der Waals surface area contributed by atoms with Crippen LogP contribution in [0.15, 0.2) is 60.7 Å². The number of aryl methyl sites for hydroxylation is 2. The number of benzene rings is 2. The molecule has 0 bridgehead atoms. The Morgan fingerprint density at radius 3 is 2.53 bits per heavy atom. The number of fused-ring (bicyclic) bond motifs is 1. The average Bonchev–Trinajstić information content (AvgIpc) is 3.18. The number of amides is 1. The monoisotopic (exact) mass is 400 g/mol. The van der Waals surface area contributed by atoms with E-state index in [1.165, 1.54) is 0 Å². The molecule has 6 nitrogen and oxygen atoms in total. The minimum absolute atomic E-state index is 0.0637. The first-order valence-corrected chi connectivity index (χ1v) is 9.99. The van der Waals surface area contributed by atoms with Gasteiger partial charge in [-0.05, 0) is 49.6 Å². The van der Waals surface area contributed by atoms with E-state index in [1.54, 1.807) is 6.07 Å². The van der Waals surface area contributed by atoms with E-state index in [4.69, 9.17) is 5.11 Å². The molecule has 0 radical (unpaired) electrons. The number of carbonyl (C=O) groups is 1. The van der Waals surface area contributed by atoms with Crippen molar-refractivity contribution in [1.29, 1.82) is 0 Å². The quantitative estimate of drug-likeness (QED) is 0.483. The summed E-state index contributed by atoms with van der Waals surface area (Å²) in [5.41, 5.74) is 7.35. The summed E-state index contributed by atoms with van der Waals surface area (Å²) in [6.07, 6.45) is 0.546. The summed E-state index contributed by atoms with van der Waals surface area (Å²) >= 11 is 0. The average molecular weight is 400 g/mol. The molecule has 0 unspecified atom stereocenters. The van der Waals surface area contributed by atoms with Crippen LogP contribution in [0.1, 0.15) is 28.2 Å². The van der Waals surface area contributed by atoms with E-state index in [-0.39, 0.29) is 12.5 Å². The molecule has 2 aromatic carbocycles. The number of hydrogen-bond acceptors (Lipinski definition) is 4. The molecule has 152 valence electrons. The molecular formula is C24H24N4O2. The SMILES string of the molecule is Cc1cc(C)n2nc(-c3ccc(-c4cccc(C(=O)NCCCO)c4)cc3)cc2n1. The Kier molecular flexibility index (Phi) is 5.59. The number of hydrogen-bond donors (Lipinski definition) is 2. The maximum absolute atomic E-state index is 12.3. The van der Waals surface area contributed by atoms with Gasteiger partial charge in [-0.1, -0.05) is 36.4 Å². The molecule has 1 amide bonds. The number of aliphatic hydroxyl groups excluding tert-OH is 1. The van der Waals surface area contributed by atoms with Gasteiger partial charge in [0.1, 0.15) is 0 Å². The van der Waals surface area contributed by atoms with Crippen molar-refractivity contribution in [3.63, 3.8) is 0 Å². The lowest BCUT2D eigenvalue weighted by atomic mass is 10.0. The number of carbonyl (C=O) groups excluding carboxylic acids is 1. The fraction of sp³-hybridized carbons (Fsp3) is 0.208. The molecule has 0 aliphatic heterocycles. The fourth-order valence-electron chi connectivity index (χ4n) is 3.48. The zero-order valence-corrected chi connectivity index (χ0v) is 17.1. The second kappa shape index (κ2) is 8.47. The van der Waals surface area contributed by atoms with E-state index in [0.717, 1.165) is 39.4 Å². The lowest BCUT2D eigenvalue weighted by Crippen LogP contribution is -2.24. The molecule has 0 spiro atoms. The lowest BCUT2D eigenvalue weighted by molar-refractivity contribution is 0.0951.